The Bertz CT molecular complexity index is 1070. The molecule has 2 aromatic rings. The molecule has 2 aliphatic rings. The van der Waals surface area contributed by atoms with Gasteiger partial charge in [0.05, 0.1) is 10.6 Å². The van der Waals surface area contributed by atoms with Gasteiger partial charge in [-0.25, -0.2) is 4.90 Å². The molecule has 12 heteroatoms. The number of halogens is 1. The second-order valence-corrected chi connectivity index (χ2v) is 6.97. The summed E-state index contributed by atoms with van der Waals surface area (Å²) < 4.78 is 0. The number of rotatable bonds is 5. The van der Waals surface area contributed by atoms with E-state index < -0.39 is 34.7 Å². The number of anilines is 2. The highest BCUT2D eigenvalue weighted by atomic mass is 35.5. The molecule has 1 fully saturated rings. The lowest BCUT2D eigenvalue weighted by Crippen LogP contribution is -2.43. The minimum absolute atomic E-state index is 0.168. The summed E-state index contributed by atoms with van der Waals surface area (Å²) in [6, 6.07) is 9.36. The summed E-state index contributed by atoms with van der Waals surface area (Å²) in [5, 5.41) is 22.8. The van der Waals surface area contributed by atoms with Gasteiger partial charge in [-0.3, -0.25) is 29.5 Å². The van der Waals surface area contributed by atoms with Crippen LogP contribution in [0.1, 0.15) is 0 Å². The lowest BCUT2D eigenvalue weighted by Gasteiger charge is -2.20. The largest absolute Gasteiger partial charge is 0.324 e. The average Bonchev–Trinajstić information content (AvgIpc) is 3.23. The van der Waals surface area contributed by atoms with Gasteiger partial charge in [0.25, 0.3) is 17.5 Å². The fourth-order valence-corrected chi connectivity index (χ4v) is 3.34. The molecule has 0 saturated carbocycles. The van der Waals surface area contributed by atoms with Crippen molar-refractivity contribution in [3.8, 4) is 0 Å². The Balaban J connectivity index is 1.48. The number of carbonyl (C=O) groups is 3. The monoisotopic (exact) mass is 428 g/mol. The van der Waals surface area contributed by atoms with Gasteiger partial charge in [-0.1, -0.05) is 16.8 Å². The molecule has 3 amide bonds. The van der Waals surface area contributed by atoms with Crippen LogP contribution in [0.3, 0.4) is 0 Å². The van der Waals surface area contributed by atoms with Crippen LogP contribution in [0.2, 0.25) is 5.02 Å². The standard InChI is InChI=1S/C18H13ClN6O5/c19-10-1-3-11(4-2-10)20-14(26)9-23-16-15(21-22-23)17(27)24(18(16)28)12-5-7-13(8-6-12)25(29)30/h1-8,15-16H,9H2,(H,20,26)/t15-,16+/m0/s1. The molecule has 0 bridgehead atoms. The maximum Gasteiger partial charge on any atom is 0.269 e. The molecule has 2 aliphatic heterocycles. The van der Waals surface area contributed by atoms with Crippen LogP contribution >= 0.6 is 11.6 Å². The summed E-state index contributed by atoms with van der Waals surface area (Å²) in [6.07, 6.45) is 0. The van der Waals surface area contributed by atoms with Gasteiger partial charge < -0.3 is 5.32 Å². The summed E-state index contributed by atoms with van der Waals surface area (Å²) in [6.45, 7) is -0.291. The van der Waals surface area contributed by atoms with Crippen molar-refractivity contribution in [1.29, 1.82) is 0 Å². The molecule has 4 rings (SSSR count). The topological polar surface area (TPSA) is 138 Å². The highest BCUT2D eigenvalue weighted by Gasteiger charge is 2.55. The number of nitro groups is 1. The SMILES string of the molecule is O=C(CN1N=N[C@@H]2C(=O)N(c3ccc([N+](=O)[O-])cc3)C(=O)[C@@H]21)Nc1ccc(Cl)cc1. The number of nitrogens with one attached hydrogen (secondary N) is 1. The van der Waals surface area contributed by atoms with Gasteiger partial charge >= 0.3 is 0 Å². The van der Waals surface area contributed by atoms with E-state index in [0.717, 1.165) is 9.91 Å². The Hall–Kier alpha value is -3.86. The van der Waals surface area contributed by atoms with Crippen LogP contribution < -0.4 is 10.2 Å². The normalized spacial score (nSPS) is 19.9. The first-order valence-corrected chi connectivity index (χ1v) is 9.08. The first kappa shape index (κ1) is 19.5. The molecule has 30 heavy (non-hydrogen) atoms. The van der Waals surface area contributed by atoms with E-state index in [9.17, 15) is 24.5 Å². The summed E-state index contributed by atoms with van der Waals surface area (Å²) in [5.41, 5.74) is 0.530. The van der Waals surface area contributed by atoms with Crippen LogP contribution in [0, 0.1) is 10.1 Å². The van der Waals surface area contributed by atoms with Gasteiger partial charge in [0.2, 0.25) is 5.91 Å². The maximum absolute atomic E-state index is 12.9. The van der Waals surface area contributed by atoms with E-state index in [-0.39, 0.29) is 17.9 Å². The molecule has 2 heterocycles. The van der Waals surface area contributed by atoms with E-state index in [1.165, 1.54) is 24.3 Å². The molecular weight excluding hydrogens is 416 g/mol. The number of amides is 3. The second kappa shape index (κ2) is 7.52. The molecule has 1 N–H and O–H groups in total. The number of nitro benzene ring substituents is 1. The van der Waals surface area contributed by atoms with E-state index >= 15 is 0 Å². The van der Waals surface area contributed by atoms with Crippen molar-refractivity contribution in [2.45, 2.75) is 12.1 Å². The minimum atomic E-state index is -1.07. The van der Waals surface area contributed by atoms with Gasteiger partial charge in [-0.2, -0.15) is 5.11 Å². The Kier molecular flexibility index (Phi) is 4.88. The zero-order chi connectivity index (χ0) is 21.4. The van der Waals surface area contributed by atoms with Crippen molar-refractivity contribution in [3.63, 3.8) is 0 Å². The van der Waals surface area contributed by atoms with Crippen LogP contribution in [0.5, 0.6) is 0 Å². The van der Waals surface area contributed by atoms with Gasteiger partial charge in [0.15, 0.2) is 12.1 Å². The van der Waals surface area contributed by atoms with Crippen molar-refractivity contribution in [2.24, 2.45) is 10.3 Å². The molecular formula is C18H13ClN6O5. The molecule has 0 unspecified atom stereocenters. The minimum Gasteiger partial charge on any atom is -0.324 e. The number of imide groups is 1. The van der Waals surface area contributed by atoms with Crippen molar-refractivity contribution in [3.05, 3.63) is 63.7 Å². The van der Waals surface area contributed by atoms with Crippen LogP contribution in [0.15, 0.2) is 58.9 Å². The number of benzene rings is 2. The number of non-ortho nitro benzene ring substituents is 1. The number of hydrogen-bond acceptors (Lipinski definition) is 8. The number of fused-ring (bicyclic) bond motifs is 1. The summed E-state index contributed by atoms with van der Waals surface area (Å²) in [4.78, 5) is 49.0. The van der Waals surface area contributed by atoms with E-state index in [0.29, 0.717) is 10.7 Å². The van der Waals surface area contributed by atoms with Crippen molar-refractivity contribution in [2.75, 3.05) is 16.8 Å². The van der Waals surface area contributed by atoms with Gasteiger partial charge in [0.1, 0.15) is 6.54 Å². The molecule has 11 nitrogen and oxygen atoms in total. The van der Waals surface area contributed by atoms with Gasteiger partial charge in [-0.05, 0) is 36.4 Å². The Morgan fingerprint density at radius 1 is 1.10 bits per heavy atom. The third-order valence-corrected chi connectivity index (χ3v) is 4.86. The van der Waals surface area contributed by atoms with Crippen LogP contribution in [-0.4, -0.2) is 46.3 Å². The van der Waals surface area contributed by atoms with E-state index in [1.54, 1.807) is 24.3 Å². The zero-order valence-corrected chi connectivity index (χ0v) is 15.9. The Morgan fingerprint density at radius 3 is 2.40 bits per heavy atom. The van der Waals surface area contributed by atoms with Crippen molar-refractivity contribution >= 4 is 46.4 Å². The van der Waals surface area contributed by atoms with Crippen molar-refractivity contribution in [1.82, 2.24) is 5.01 Å². The number of nitrogens with zero attached hydrogens (tertiary/aromatic N) is 5. The van der Waals surface area contributed by atoms with Crippen LogP contribution in [0.25, 0.3) is 0 Å². The number of hydrogen-bond donors (Lipinski definition) is 1. The van der Waals surface area contributed by atoms with E-state index in [4.69, 9.17) is 11.6 Å². The summed E-state index contributed by atoms with van der Waals surface area (Å²) in [7, 11) is 0. The molecule has 0 aromatic heterocycles. The fraction of sp³-hybridized carbons (Fsp3) is 0.167. The van der Waals surface area contributed by atoms with E-state index in [1.807, 2.05) is 0 Å². The molecule has 0 aliphatic carbocycles. The summed E-state index contributed by atoms with van der Waals surface area (Å²) >= 11 is 5.81. The second-order valence-electron chi connectivity index (χ2n) is 6.53. The quantitative estimate of drug-likeness (QED) is 0.440. The molecule has 0 radical (unpaired) electrons. The highest BCUT2D eigenvalue weighted by molar-refractivity contribution is 6.30. The van der Waals surface area contributed by atoms with Gasteiger partial charge in [0, 0.05) is 22.8 Å². The molecule has 0 spiro atoms. The van der Waals surface area contributed by atoms with Crippen LogP contribution in [0.4, 0.5) is 17.1 Å². The predicted molar refractivity (Wildman–Crippen MR) is 105 cm³/mol. The smallest absolute Gasteiger partial charge is 0.269 e. The Labute approximate surface area is 174 Å². The molecule has 1 saturated heterocycles. The third kappa shape index (κ3) is 3.46. The lowest BCUT2D eigenvalue weighted by molar-refractivity contribution is -0.384. The zero-order valence-electron chi connectivity index (χ0n) is 15.1. The first-order valence-electron chi connectivity index (χ1n) is 8.70. The Morgan fingerprint density at radius 2 is 1.77 bits per heavy atom. The van der Waals surface area contributed by atoms with Gasteiger partial charge in [-0.15, -0.1) is 0 Å². The molecule has 2 atom stereocenters. The molecule has 152 valence electrons. The summed E-state index contributed by atoms with van der Waals surface area (Å²) in [5.74, 6) is -1.67. The predicted octanol–water partition coefficient (Wildman–Crippen LogP) is 2.18. The number of carbonyl (C=O) groups excluding carboxylic acids is 3. The first-order chi connectivity index (χ1) is 14.3. The van der Waals surface area contributed by atoms with E-state index in [2.05, 4.69) is 15.7 Å². The average molecular weight is 429 g/mol. The fourth-order valence-electron chi connectivity index (χ4n) is 3.21. The third-order valence-electron chi connectivity index (χ3n) is 4.61. The lowest BCUT2D eigenvalue weighted by atomic mass is 10.1. The highest BCUT2D eigenvalue weighted by Crippen LogP contribution is 2.32. The van der Waals surface area contributed by atoms with Crippen LogP contribution in [-0.2, 0) is 14.4 Å². The maximum atomic E-state index is 12.9. The molecule has 2 aromatic carbocycles. The van der Waals surface area contributed by atoms with Crippen molar-refractivity contribution < 1.29 is 19.3 Å².